The fraction of sp³-hybridized carbons (Fsp3) is 0.143. The number of nitrogen functional groups attached to an aromatic ring is 1. The molecule has 1 aromatic heterocycles. The van der Waals surface area contributed by atoms with E-state index >= 15 is 0 Å². The minimum atomic E-state index is -0.999. The quantitative estimate of drug-likeness (QED) is 0.765. The lowest BCUT2D eigenvalue weighted by Crippen LogP contribution is -2.32. The molecule has 1 heterocycles. The predicted molar refractivity (Wildman–Crippen MR) is 73.4 cm³/mol. The summed E-state index contributed by atoms with van der Waals surface area (Å²) in [6.45, 7) is 0. The zero-order valence-corrected chi connectivity index (χ0v) is 10.3. The SMILES string of the molecule is Nc1ncccc1-c1ccc(CC(N)C(=O)O)cc1. The highest BCUT2D eigenvalue weighted by Crippen LogP contribution is 2.24. The second kappa shape index (κ2) is 5.49. The first kappa shape index (κ1) is 13.0. The average molecular weight is 257 g/mol. The van der Waals surface area contributed by atoms with Gasteiger partial charge in [-0.15, -0.1) is 0 Å². The van der Waals surface area contributed by atoms with E-state index < -0.39 is 12.0 Å². The van der Waals surface area contributed by atoms with E-state index in [0.717, 1.165) is 16.7 Å². The molecule has 0 aliphatic carbocycles. The number of benzene rings is 1. The van der Waals surface area contributed by atoms with Gasteiger partial charge in [-0.3, -0.25) is 4.79 Å². The summed E-state index contributed by atoms with van der Waals surface area (Å²) < 4.78 is 0. The van der Waals surface area contributed by atoms with Crippen molar-refractivity contribution in [2.45, 2.75) is 12.5 Å². The minimum absolute atomic E-state index is 0.304. The molecule has 0 spiro atoms. The van der Waals surface area contributed by atoms with Crippen molar-refractivity contribution in [2.24, 2.45) is 5.73 Å². The van der Waals surface area contributed by atoms with E-state index in [2.05, 4.69) is 4.98 Å². The lowest BCUT2D eigenvalue weighted by atomic mass is 10.0. The summed E-state index contributed by atoms with van der Waals surface area (Å²) in [4.78, 5) is 14.7. The van der Waals surface area contributed by atoms with Gasteiger partial charge in [-0.05, 0) is 29.7 Å². The Balaban J connectivity index is 2.19. The maximum absolute atomic E-state index is 10.7. The molecule has 0 amide bonds. The van der Waals surface area contributed by atoms with Gasteiger partial charge in [0.05, 0.1) is 0 Å². The van der Waals surface area contributed by atoms with Crippen molar-refractivity contribution >= 4 is 11.8 Å². The summed E-state index contributed by atoms with van der Waals surface area (Å²) in [6, 6.07) is 10.3. The summed E-state index contributed by atoms with van der Waals surface area (Å²) in [5, 5.41) is 8.76. The van der Waals surface area contributed by atoms with E-state index in [9.17, 15) is 4.79 Å². The zero-order chi connectivity index (χ0) is 13.8. The van der Waals surface area contributed by atoms with Crippen molar-refractivity contribution in [3.8, 4) is 11.1 Å². The van der Waals surface area contributed by atoms with Gasteiger partial charge in [0.15, 0.2) is 0 Å². The van der Waals surface area contributed by atoms with Crippen LogP contribution in [0.25, 0.3) is 11.1 Å². The molecule has 1 aromatic carbocycles. The summed E-state index contributed by atoms with van der Waals surface area (Å²) in [7, 11) is 0. The van der Waals surface area contributed by atoms with Gasteiger partial charge in [0, 0.05) is 11.8 Å². The molecule has 5 N–H and O–H groups in total. The van der Waals surface area contributed by atoms with E-state index in [4.69, 9.17) is 16.6 Å². The number of hydrogen-bond acceptors (Lipinski definition) is 4. The van der Waals surface area contributed by atoms with Crippen LogP contribution in [0.2, 0.25) is 0 Å². The minimum Gasteiger partial charge on any atom is -0.480 e. The maximum Gasteiger partial charge on any atom is 0.320 e. The van der Waals surface area contributed by atoms with Crippen LogP contribution in [-0.4, -0.2) is 22.1 Å². The fourth-order valence-electron chi connectivity index (χ4n) is 1.82. The van der Waals surface area contributed by atoms with Gasteiger partial charge in [-0.1, -0.05) is 24.3 Å². The maximum atomic E-state index is 10.7. The Morgan fingerprint density at radius 1 is 1.26 bits per heavy atom. The Kier molecular flexibility index (Phi) is 3.77. The molecule has 0 radical (unpaired) electrons. The molecule has 0 saturated carbocycles. The Bertz CT molecular complexity index is 581. The Labute approximate surface area is 110 Å². The first-order chi connectivity index (χ1) is 9.08. The zero-order valence-electron chi connectivity index (χ0n) is 10.3. The van der Waals surface area contributed by atoms with Crippen molar-refractivity contribution in [2.75, 3.05) is 5.73 Å². The Hall–Kier alpha value is -2.40. The normalized spacial score (nSPS) is 12.1. The average Bonchev–Trinajstić information content (AvgIpc) is 2.40. The third-order valence-corrected chi connectivity index (χ3v) is 2.88. The molecule has 98 valence electrons. The highest BCUT2D eigenvalue weighted by atomic mass is 16.4. The van der Waals surface area contributed by atoms with Crippen LogP contribution in [0.1, 0.15) is 5.56 Å². The van der Waals surface area contributed by atoms with Gasteiger partial charge in [-0.25, -0.2) is 4.98 Å². The van der Waals surface area contributed by atoms with E-state index in [1.54, 1.807) is 6.20 Å². The first-order valence-corrected chi connectivity index (χ1v) is 5.86. The van der Waals surface area contributed by atoms with Crippen LogP contribution in [0.4, 0.5) is 5.82 Å². The summed E-state index contributed by atoms with van der Waals surface area (Å²) in [5.74, 6) is -0.530. The second-order valence-electron chi connectivity index (χ2n) is 4.28. The number of nitrogens with two attached hydrogens (primary N) is 2. The van der Waals surface area contributed by atoms with Gasteiger partial charge in [0.1, 0.15) is 11.9 Å². The van der Waals surface area contributed by atoms with Crippen LogP contribution >= 0.6 is 0 Å². The molecule has 1 unspecified atom stereocenters. The monoisotopic (exact) mass is 257 g/mol. The van der Waals surface area contributed by atoms with Crippen molar-refractivity contribution < 1.29 is 9.90 Å². The van der Waals surface area contributed by atoms with Crippen molar-refractivity contribution in [1.29, 1.82) is 0 Å². The smallest absolute Gasteiger partial charge is 0.320 e. The number of rotatable bonds is 4. The van der Waals surface area contributed by atoms with Gasteiger partial charge >= 0.3 is 5.97 Å². The number of carboxylic acid groups (broad SMARTS) is 1. The van der Waals surface area contributed by atoms with Gasteiger partial charge in [0.2, 0.25) is 0 Å². The van der Waals surface area contributed by atoms with Crippen molar-refractivity contribution in [1.82, 2.24) is 4.98 Å². The van der Waals surface area contributed by atoms with Crippen LogP contribution in [0.5, 0.6) is 0 Å². The first-order valence-electron chi connectivity index (χ1n) is 5.86. The number of aliphatic carboxylic acids is 1. The van der Waals surface area contributed by atoms with Gasteiger partial charge in [-0.2, -0.15) is 0 Å². The standard InChI is InChI=1S/C14H15N3O2/c15-12(14(18)19)8-9-3-5-10(6-4-9)11-2-1-7-17-13(11)16/h1-7,12H,8,15H2,(H2,16,17)(H,18,19). The van der Waals surface area contributed by atoms with E-state index in [1.807, 2.05) is 36.4 Å². The molecule has 0 fully saturated rings. The molecule has 2 aromatic rings. The molecule has 0 aliphatic rings. The van der Waals surface area contributed by atoms with E-state index in [-0.39, 0.29) is 0 Å². The molecule has 5 nitrogen and oxygen atoms in total. The molecule has 0 aliphatic heterocycles. The molecular formula is C14H15N3O2. The molecule has 1 atom stereocenters. The number of nitrogens with zero attached hydrogens (tertiary/aromatic N) is 1. The highest BCUT2D eigenvalue weighted by Gasteiger charge is 2.12. The van der Waals surface area contributed by atoms with Crippen LogP contribution in [0.15, 0.2) is 42.6 Å². The summed E-state index contributed by atoms with van der Waals surface area (Å²) in [6.07, 6.45) is 1.94. The predicted octanol–water partition coefficient (Wildman–Crippen LogP) is 1.29. The number of hydrogen-bond donors (Lipinski definition) is 3. The van der Waals surface area contributed by atoms with Crippen LogP contribution in [-0.2, 0) is 11.2 Å². The van der Waals surface area contributed by atoms with Crippen LogP contribution in [0.3, 0.4) is 0 Å². The second-order valence-corrected chi connectivity index (χ2v) is 4.28. The molecule has 19 heavy (non-hydrogen) atoms. The van der Waals surface area contributed by atoms with E-state index in [1.165, 1.54) is 0 Å². The number of aromatic nitrogens is 1. The third kappa shape index (κ3) is 3.08. The largest absolute Gasteiger partial charge is 0.480 e. The summed E-state index contributed by atoms with van der Waals surface area (Å²) in [5.41, 5.74) is 14.0. The molecule has 5 heteroatoms. The molecule has 0 bridgehead atoms. The lowest BCUT2D eigenvalue weighted by molar-refractivity contribution is -0.138. The van der Waals surface area contributed by atoms with Crippen molar-refractivity contribution in [3.63, 3.8) is 0 Å². The highest BCUT2D eigenvalue weighted by molar-refractivity contribution is 5.75. The number of carboxylic acids is 1. The fourth-order valence-corrected chi connectivity index (χ4v) is 1.82. The lowest BCUT2D eigenvalue weighted by Gasteiger charge is -2.08. The third-order valence-electron chi connectivity index (χ3n) is 2.88. The molecular weight excluding hydrogens is 242 g/mol. The van der Waals surface area contributed by atoms with Crippen LogP contribution < -0.4 is 11.5 Å². The molecule has 0 saturated heterocycles. The van der Waals surface area contributed by atoms with Gasteiger partial charge < -0.3 is 16.6 Å². The number of carbonyl (C=O) groups is 1. The number of anilines is 1. The topological polar surface area (TPSA) is 102 Å². The number of pyridine rings is 1. The van der Waals surface area contributed by atoms with Crippen LogP contribution in [0, 0.1) is 0 Å². The Morgan fingerprint density at radius 2 is 1.95 bits per heavy atom. The van der Waals surface area contributed by atoms with Gasteiger partial charge in [0.25, 0.3) is 0 Å². The van der Waals surface area contributed by atoms with E-state index in [0.29, 0.717) is 12.2 Å². The molecule has 2 rings (SSSR count). The summed E-state index contributed by atoms with van der Waals surface area (Å²) >= 11 is 0. The van der Waals surface area contributed by atoms with Crippen molar-refractivity contribution in [3.05, 3.63) is 48.2 Å². The Morgan fingerprint density at radius 3 is 2.53 bits per heavy atom.